The van der Waals surface area contributed by atoms with Crippen LogP contribution in [0.15, 0.2) is 0 Å². The molecule has 0 spiro atoms. The molecule has 4 rings (SSSR count). The fourth-order valence-corrected chi connectivity index (χ4v) is 6.88. The highest BCUT2D eigenvalue weighted by molar-refractivity contribution is 7.81. The molecule has 0 aromatic carbocycles. The molecule has 33 heteroatoms. The van der Waals surface area contributed by atoms with Crippen molar-refractivity contribution < 1.29 is 141 Å². The molecule has 0 aromatic rings. The summed E-state index contributed by atoms with van der Waals surface area (Å²) >= 11 is 0. The van der Waals surface area contributed by atoms with E-state index in [2.05, 4.69) is 12.5 Å². The summed E-state index contributed by atoms with van der Waals surface area (Å²) in [5, 5.41) is 115. The average Bonchev–Trinajstić information content (AvgIpc) is 3.11. The number of aliphatic hydroxyl groups is 11. The third-order valence-corrected chi connectivity index (χ3v) is 10.1. The number of aliphatic hydroxyl groups excluding tert-OH is 11. The molecule has 0 amide bonds. The van der Waals surface area contributed by atoms with Gasteiger partial charge in [-0.25, -0.2) is 12.5 Å². The first kappa shape index (κ1) is 48.6. The highest BCUT2D eigenvalue weighted by Crippen LogP contribution is 2.34. The van der Waals surface area contributed by atoms with Crippen LogP contribution in [-0.4, -0.2) is 244 Å². The lowest BCUT2D eigenvalue weighted by Crippen LogP contribution is -2.67. The summed E-state index contributed by atoms with van der Waals surface area (Å²) in [6, 6.07) is 0. The fourth-order valence-electron chi connectivity index (χ4n) is 5.97. The summed E-state index contributed by atoms with van der Waals surface area (Å²) in [5.41, 5.74) is 0. The summed E-state index contributed by atoms with van der Waals surface area (Å²) in [6.07, 6.45) is -42.8. The Morgan fingerprint density at radius 1 is 0.386 bits per heavy atom. The quantitative estimate of drug-likeness (QED) is 0.0639. The molecule has 0 unspecified atom stereocenters. The number of ether oxygens (including phenoxy) is 7. The molecule has 0 radical (unpaired) electrons. The number of hydrogen-bond acceptors (Lipinski definition) is 27. The maximum atomic E-state index is 11.4. The van der Waals surface area contributed by atoms with Crippen molar-refractivity contribution >= 4 is 31.2 Å². The lowest BCUT2D eigenvalue weighted by atomic mass is 9.95. The smallest absolute Gasteiger partial charge is 0.394 e. The van der Waals surface area contributed by atoms with Crippen LogP contribution >= 0.6 is 0 Å². The minimum Gasteiger partial charge on any atom is -0.394 e. The topological polar surface area (TPSA) is 478 Å². The monoisotopic (exact) mass is 906 g/mol. The van der Waals surface area contributed by atoms with E-state index in [0.717, 1.165) is 0 Å². The normalized spacial score (nSPS) is 45.2. The predicted octanol–water partition coefficient (Wildman–Crippen LogP) is -10.3. The molecule has 336 valence electrons. The summed E-state index contributed by atoms with van der Waals surface area (Å²) in [5.74, 6) is 0. The van der Waals surface area contributed by atoms with Crippen LogP contribution in [-0.2, 0) is 76.9 Å². The largest absolute Gasteiger partial charge is 0.397 e. The molecule has 0 bridgehead atoms. The standard InChI is InChI=1S/C24H42O30S3/c25-1-5-18(11(28)14(31)21(35)48-5)52-23-16(33)12(29)20(8(50-23)4-47-57(42,43)44)54-24-17(34)13(30)19(7(51-24)3-46-56(39,40)41)53-22-15(32)10(27)9(26)6(49-22)2-45-55(36,37)38/h5-35H,1-4H2,(H,36,37,38)(H,39,40,41)(H,42,43,44)/t5-,6-,7-,8-,9-,10+,11-,12-,13-,14-,15-,16-,17-,18-,19-,20-,21-,22+,23+,24+/m1/s1. The van der Waals surface area contributed by atoms with Crippen molar-refractivity contribution in [3.8, 4) is 0 Å². The van der Waals surface area contributed by atoms with Gasteiger partial charge in [-0.15, -0.1) is 0 Å². The van der Waals surface area contributed by atoms with Crippen LogP contribution in [0.4, 0.5) is 0 Å². The Balaban J connectivity index is 1.58. The van der Waals surface area contributed by atoms with E-state index in [1.165, 1.54) is 0 Å². The SMILES string of the molecule is O=S(=O)(O)OC[C@H]1O[C@@H](O[C@H]2[C@H](O)[C@@H](O)[C@H](O[C@H]3[C@H](O)[C@@H](O)[C@H](O[C@H]4[C@H](O)[C@@H](O)[C@H](O)O[C@@H]4CO)O[C@@H]3COS(=O)(=O)O)O[C@@H]2COS(=O)(=O)O)[C@H](O)[C@@H](O)[C@@H]1O. The van der Waals surface area contributed by atoms with Gasteiger partial charge in [0.2, 0.25) is 0 Å². The van der Waals surface area contributed by atoms with Crippen molar-refractivity contribution in [2.45, 2.75) is 123 Å². The van der Waals surface area contributed by atoms with Gasteiger partial charge in [0, 0.05) is 0 Å². The molecular weight excluding hydrogens is 864 g/mol. The molecular formula is C24H42O30S3. The van der Waals surface area contributed by atoms with Crippen LogP contribution in [0.1, 0.15) is 0 Å². The fraction of sp³-hybridized carbons (Fsp3) is 1.00. The van der Waals surface area contributed by atoms with E-state index in [4.69, 9.17) is 37.7 Å². The molecule has 4 saturated heterocycles. The van der Waals surface area contributed by atoms with E-state index >= 15 is 0 Å². The van der Waals surface area contributed by atoms with Gasteiger partial charge >= 0.3 is 31.2 Å². The van der Waals surface area contributed by atoms with E-state index in [1.54, 1.807) is 0 Å². The zero-order chi connectivity index (χ0) is 42.9. The zero-order valence-corrected chi connectivity index (χ0v) is 30.8. The van der Waals surface area contributed by atoms with Gasteiger partial charge in [0.25, 0.3) is 0 Å². The Bertz CT molecular complexity index is 1630. The van der Waals surface area contributed by atoms with Crippen LogP contribution < -0.4 is 0 Å². The summed E-state index contributed by atoms with van der Waals surface area (Å²) in [7, 11) is -15.8. The van der Waals surface area contributed by atoms with Gasteiger partial charge in [-0.1, -0.05) is 0 Å². The summed E-state index contributed by atoms with van der Waals surface area (Å²) < 4.78 is 145. The van der Waals surface area contributed by atoms with Crippen molar-refractivity contribution in [1.29, 1.82) is 0 Å². The lowest BCUT2D eigenvalue weighted by molar-refractivity contribution is -0.386. The average molecular weight is 907 g/mol. The van der Waals surface area contributed by atoms with Crippen LogP contribution in [0.2, 0.25) is 0 Å². The van der Waals surface area contributed by atoms with Gasteiger partial charge in [-0.3, -0.25) is 13.7 Å². The van der Waals surface area contributed by atoms with Gasteiger partial charge in [-0.2, -0.15) is 25.3 Å². The molecule has 20 atom stereocenters. The van der Waals surface area contributed by atoms with Crippen molar-refractivity contribution in [3.05, 3.63) is 0 Å². The van der Waals surface area contributed by atoms with Crippen LogP contribution in [0.25, 0.3) is 0 Å². The van der Waals surface area contributed by atoms with E-state index in [-0.39, 0.29) is 0 Å². The second-order valence-corrected chi connectivity index (χ2v) is 16.0. The first-order chi connectivity index (χ1) is 26.2. The van der Waals surface area contributed by atoms with E-state index in [9.17, 15) is 90.5 Å². The molecule has 4 aliphatic rings. The second-order valence-electron chi connectivity index (χ2n) is 12.7. The van der Waals surface area contributed by atoms with Gasteiger partial charge in [0.05, 0.1) is 26.4 Å². The van der Waals surface area contributed by atoms with Crippen molar-refractivity contribution in [1.82, 2.24) is 0 Å². The third kappa shape index (κ3) is 12.5. The van der Waals surface area contributed by atoms with E-state index in [1.807, 2.05) is 0 Å². The molecule has 4 aliphatic heterocycles. The summed E-state index contributed by atoms with van der Waals surface area (Å²) in [4.78, 5) is 0. The third-order valence-electron chi connectivity index (χ3n) is 8.81. The molecule has 0 aliphatic carbocycles. The maximum Gasteiger partial charge on any atom is 0.397 e. The minimum atomic E-state index is -5.34. The molecule has 0 saturated carbocycles. The lowest BCUT2D eigenvalue weighted by Gasteiger charge is -2.49. The van der Waals surface area contributed by atoms with Gasteiger partial charge in [0.1, 0.15) is 97.7 Å². The molecule has 14 N–H and O–H groups in total. The maximum absolute atomic E-state index is 11.4. The number of rotatable bonds is 16. The van der Waals surface area contributed by atoms with Crippen LogP contribution in [0, 0.1) is 0 Å². The highest BCUT2D eigenvalue weighted by atomic mass is 32.3. The first-order valence-corrected chi connectivity index (χ1v) is 20.2. The molecule has 4 fully saturated rings. The first-order valence-electron chi connectivity index (χ1n) is 16.1. The van der Waals surface area contributed by atoms with Gasteiger partial charge < -0.3 is 89.3 Å². The minimum absolute atomic E-state index is 0.971. The zero-order valence-electron chi connectivity index (χ0n) is 28.4. The van der Waals surface area contributed by atoms with Gasteiger partial charge in [-0.05, 0) is 0 Å². The van der Waals surface area contributed by atoms with Crippen LogP contribution in [0.3, 0.4) is 0 Å². The van der Waals surface area contributed by atoms with Crippen molar-refractivity contribution in [2.75, 3.05) is 26.4 Å². The van der Waals surface area contributed by atoms with Gasteiger partial charge in [0.15, 0.2) is 25.2 Å². The highest BCUT2D eigenvalue weighted by Gasteiger charge is 2.55. The predicted molar refractivity (Wildman–Crippen MR) is 165 cm³/mol. The molecule has 30 nitrogen and oxygen atoms in total. The Hall–Kier alpha value is -1.11. The number of hydrogen-bond donors (Lipinski definition) is 14. The summed E-state index contributed by atoms with van der Waals surface area (Å²) in [6.45, 7) is -4.84. The van der Waals surface area contributed by atoms with E-state index < -0.39 is 180 Å². The molecule has 4 heterocycles. The molecule has 0 aromatic heterocycles. The van der Waals surface area contributed by atoms with Crippen molar-refractivity contribution in [3.63, 3.8) is 0 Å². The molecule has 57 heavy (non-hydrogen) atoms. The Kier molecular flexibility index (Phi) is 16.4. The van der Waals surface area contributed by atoms with Crippen LogP contribution in [0.5, 0.6) is 0 Å². The Morgan fingerprint density at radius 3 is 1.07 bits per heavy atom. The van der Waals surface area contributed by atoms with E-state index in [0.29, 0.717) is 0 Å². The Morgan fingerprint density at radius 2 is 0.702 bits per heavy atom. The van der Waals surface area contributed by atoms with Crippen molar-refractivity contribution in [2.24, 2.45) is 0 Å². The second kappa shape index (κ2) is 19.3. The Labute approximate surface area is 320 Å².